The maximum Gasteiger partial charge on any atom is 0.290 e. The molecule has 0 radical (unpaired) electrons. The molecule has 2 aliphatic carbocycles. The summed E-state index contributed by atoms with van der Waals surface area (Å²) in [7, 11) is 0. The minimum Gasteiger partial charge on any atom is -0.483 e. The number of nitrogens with zero attached hydrogens (tertiary/aromatic N) is 3. The van der Waals surface area contributed by atoms with Crippen molar-refractivity contribution < 1.29 is 9.90 Å². The molecule has 6 heteroatoms. The molecular formula is C8H8N4O2. The van der Waals surface area contributed by atoms with E-state index in [1.165, 1.54) is 17.5 Å². The Hall–Kier alpha value is -2.24. The van der Waals surface area contributed by atoms with Crippen LogP contribution in [0.1, 0.15) is 0 Å². The summed E-state index contributed by atoms with van der Waals surface area (Å²) >= 11 is 0. The second-order valence-corrected chi connectivity index (χ2v) is 2.25. The van der Waals surface area contributed by atoms with Crippen molar-refractivity contribution in [1.82, 2.24) is 20.6 Å². The Labute approximate surface area is 79.6 Å². The second-order valence-electron chi connectivity index (χ2n) is 2.25. The van der Waals surface area contributed by atoms with Gasteiger partial charge in [-0.1, -0.05) is 18.2 Å². The smallest absolute Gasteiger partial charge is 0.290 e. The van der Waals surface area contributed by atoms with Crippen LogP contribution in [0.15, 0.2) is 30.6 Å². The van der Waals surface area contributed by atoms with Gasteiger partial charge in [-0.05, 0) is 27.6 Å². The molecule has 0 saturated heterocycles. The number of nitrogens with one attached hydrogen (secondary N) is 1. The number of aromatic amines is 1. The lowest BCUT2D eigenvalue weighted by molar-refractivity contribution is -0.122. The Morgan fingerprint density at radius 1 is 1.36 bits per heavy atom. The number of carbonyl (C=O) groups is 1. The fourth-order valence-electron chi connectivity index (χ4n) is 0.805. The van der Waals surface area contributed by atoms with Gasteiger partial charge in [-0.25, -0.2) is 5.10 Å². The van der Waals surface area contributed by atoms with Gasteiger partial charge in [0.2, 0.25) is 0 Å². The number of rotatable bonds is 0. The number of hydrogen-bond acceptors (Lipinski definition) is 4. The molecule has 0 aromatic carbocycles. The highest BCUT2D eigenvalue weighted by Gasteiger charge is 2.06. The summed E-state index contributed by atoms with van der Waals surface area (Å²) in [5, 5.41) is 19.0. The fourth-order valence-corrected chi connectivity index (χ4v) is 0.805. The van der Waals surface area contributed by atoms with E-state index in [9.17, 15) is 0 Å². The molecule has 72 valence electrons. The van der Waals surface area contributed by atoms with E-state index in [0.717, 1.165) is 0 Å². The molecule has 1 aromatic heterocycles. The van der Waals surface area contributed by atoms with Crippen molar-refractivity contribution in [2.24, 2.45) is 0 Å². The second kappa shape index (κ2) is 5.41. The Balaban J connectivity index is 0.000000113. The van der Waals surface area contributed by atoms with Gasteiger partial charge < -0.3 is 5.11 Å². The third-order valence-corrected chi connectivity index (χ3v) is 1.38. The maximum atomic E-state index is 8.36. The molecule has 1 aromatic rings. The highest BCUT2D eigenvalue weighted by atomic mass is 16.3. The van der Waals surface area contributed by atoms with E-state index >= 15 is 0 Å². The Kier molecular flexibility index (Phi) is 3.81. The predicted octanol–water partition coefficient (Wildman–Crippen LogP) is 0.568. The Morgan fingerprint density at radius 3 is 2.14 bits per heavy atom. The van der Waals surface area contributed by atoms with Crippen molar-refractivity contribution in [3.8, 4) is 11.1 Å². The molecule has 0 spiro atoms. The van der Waals surface area contributed by atoms with Crippen molar-refractivity contribution in [3.63, 3.8) is 0 Å². The van der Waals surface area contributed by atoms with Crippen LogP contribution in [0.2, 0.25) is 0 Å². The molecule has 0 bridgehead atoms. The topological polar surface area (TPSA) is 91.8 Å². The molecule has 0 aliphatic heterocycles. The standard InChI is InChI=1S/C6H4.CH2N4.CH2O2/c1-2-5-4-6(5)3-1;1-2-4-5-3-1;2-1-3/h1-4H;1H,(H,2,3,4,5);1H,(H,2,3). The van der Waals surface area contributed by atoms with E-state index in [-0.39, 0.29) is 6.47 Å². The first-order chi connectivity index (χ1) is 6.88. The van der Waals surface area contributed by atoms with Crippen LogP contribution >= 0.6 is 0 Å². The molecule has 0 fully saturated rings. The number of tetrazole rings is 1. The number of benzene rings is 1. The van der Waals surface area contributed by atoms with E-state index in [0.29, 0.717) is 0 Å². The predicted molar refractivity (Wildman–Crippen MR) is 48.3 cm³/mol. The summed E-state index contributed by atoms with van der Waals surface area (Å²) in [6, 6.07) is 8.48. The highest BCUT2D eigenvalue weighted by Crippen LogP contribution is 2.32. The van der Waals surface area contributed by atoms with Gasteiger partial charge in [0, 0.05) is 0 Å². The lowest BCUT2D eigenvalue weighted by Crippen LogP contribution is -1.64. The number of hydrogen-bond donors (Lipinski definition) is 2. The van der Waals surface area contributed by atoms with Crippen LogP contribution in [0.25, 0.3) is 11.1 Å². The molecule has 0 amide bonds. The summed E-state index contributed by atoms with van der Waals surface area (Å²) in [6.07, 6.45) is 1.40. The molecule has 6 nitrogen and oxygen atoms in total. The number of aromatic nitrogens is 4. The minimum absolute atomic E-state index is 0.250. The SMILES string of the molecule is O=CO.c1cc2cc-2c1.c1nnn[nH]1. The van der Waals surface area contributed by atoms with Gasteiger partial charge in [-0.15, -0.1) is 5.10 Å². The summed E-state index contributed by atoms with van der Waals surface area (Å²) in [4.78, 5) is 8.36. The first kappa shape index (κ1) is 9.85. The third kappa shape index (κ3) is 3.44. The largest absolute Gasteiger partial charge is 0.483 e. The Morgan fingerprint density at radius 2 is 2.00 bits per heavy atom. The minimum atomic E-state index is -0.250. The highest BCUT2D eigenvalue weighted by molar-refractivity contribution is 5.80. The van der Waals surface area contributed by atoms with Crippen molar-refractivity contribution in [3.05, 3.63) is 30.6 Å². The molecule has 2 aliphatic rings. The average Bonchev–Trinajstić information content (AvgIpc) is 2.67. The zero-order valence-electron chi connectivity index (χ0n) is 7.16. The molecule has 0 saturated carbocycles. The van der Waals surface area contributed by atoms with E-state index in [1.807, 2.05) is 0 Å². The fraction of sp³-hybridized carbons (Fsp3) is 0. The summed E-state index contributed by atoms with van der Waals surface area (Å²) in [5.74, 6) is 0. The number of carboxylic acid groups (broad SMARTS) is 1. The monoisotopic (exact) mass is 192 g/mol. The van der Waals surface area contributed by atoms with Crippen LogP contribution in [0, 0.1) is 0 Å². The van der Waals surface area contributed by atoms with Gasteiger partial charge in [0.1, 0.15) is 6.33 Å². The van der Waals surface area contributed by atoms with Crippen LogP contribution < -0.4 is 0 Å². The first-order valence-corrected chi connectivity index (χ1v) is 3.74. The summed E-state index contributed by atoms with van der Waals surface area (Å²) < 4.78 is 0. The van der Waals surface area contributed by atoms with Gasteiger partial charge in [-0.3, -0.25) is 4.79 Å². The van der Waals surface area contributed by atoms with Crippen molar-refractivity contribution in [2.45, 2.75) is 0 Å². The van der Waals surface area contributed by atoms with Gasteiger partial charge in [-0.2, -0.15) is 0 Å². The van der Waals surface area contributed by atoms with E-state index in [1.54, 1.807) is 0 Å². The molecule has 1 heterocycles. The zero-order chi connectivity index (χ0) is 10.2. The van der Waals surface area contributed by atoms with Crippen LogP contribution in [0.5, 0.6) is 0 Å². The van der Waals surface area contributed by atoms with Crippen molar-refractivity contribution >= 4 is 6.47 Å². The van der Waals surface area contributed by atoms with Crippen LogP contribution in [0.4, 0.5) is 0 Å². The van der Waals surface area contributed by atoms with E-state index < -0.39 is 0 Å². The summed E-state index contributed by atoms with van der Waals surface area (Å²) in [5.41, 5.74) is 2.85. The van der Waals surface area contributed by atoms with E-state index in [2.05, 4.69) is 44.9 Å². The molecule has 3 rings (SSSR count). The number of fused-ring (bicyclic) bond motifs is 1. The number of H-pyrrole nitrogens is 1. The molecule has 2 N–H and O–H groups in total. The molecular weight excluding hydrogens is 184 g/mol. The maximum absolute atomic E-state index is 8.36. The van der Waals surface area contributed by atoms with Crippen LogP contribution in [-0.2, 0) is 4.79 Å². The third-order valence-electron chi connectivity index (χ3n) is 1.38. The van der Waals surface area contributed by atoms with Gasteiger partial charge in [0.25, 0.3) is 6.47 Å². The van der Waals surface area contributed by atoms with Crippen molar-refractivity contribution in [1.29, 1.82) is 0 Å². The van der Waals surface area contributed by atoms with Crippen LogP contribution in [0.3, 0.4) is 0 Å². The molecule has 14 heavy (non-hydrogen) atoms. The molecule has 0 atom stereocenters. The zero-order valence-corrected chi connectivity index (χ0v) is 7.16. The van der Waals surface area contributed by atoms with Gasteiger partial charge >= 0.3 is 0 Å². The van der Waals surface area contributed by atoms with Crippen molar-refractivity contribution in [2.75, 3.05) is 0 Å². The van der Waals surface area contributed by atoms with E-state index in [4.69, 9.17) is 9.90 Å². The lowest BCUT2D eigenvalue weighted by atomic mass is 10.6. The lowest BCUT2D eigenvalue weighted by Gasteiger charge is -1.48. The quantitative estimate of drug-likeness (QED) is 0.508. The molecule has 0 unspecified atom stereocenters. The average molecular weight is 192 g/mol. The normalized spacial score (nSPS) is 8.57. The first-order valence-electron chi connectivity index (χ1n) is 3.74. The van der Waals surface area contributed by atoms with Gasteiger partial charge in [0.05, 0.1) is 0 Å². The Bertz CT molecular complexity index is 340. The van der Waals surface area contributed by atoms with Gasteiger partial charge in [0.15, 0.2) is 0 Å². The van der Waals surface area contributed by atoms with Crippen LogP contribution in [-0.4, -0.2) is 32.2 Å². The summed E-state index contributed by atoms with van der Waals surface area (Å²) in [6.45, 7) is -0.250.